The highest BCUT2D eigenvalue weighted by atomic mass is 16.5. The van der Waals surface area contributed by atoms with Crippen molar-refractivity contribution in [3.63, 3.8) is 0 Å². The fourth-order valence-electron chi connectivity index (χ4n) is 2.49. The standard InChI is InChI=1S/C14H27NO2/c1-14(2,3)10-11(15)9-13(16)17-12-7-5-4-6-8-12/h11-12H,4-10,15H2,1-3H3. The van der Waals surface area contributed by atoms with Crippen LogP contribution in [0.3, 0.4) is 0 Å². The van der Waals surface area contributed by atoms with E-state index in [1.807, 2.05) is 0 Å². The summed E-state index contributed by atoms with van der Waals surface area (Å²) in [6, 6.07) is -0.0777. The first-order valence-electron chi connectivity index (χ1n) is 6.82. The summed E-state index contributed by atoms with van der Waals surface area (Å²) < 4.78 is 5.46. The van der Waals surface area contributed by atoms with Gasteiger partial charge in [0, 0.05) is 6.04 Å². The molecule has 1 fully saturated rings. The van der Waals surface area contributed by atoms with Gasteiger partial charge in [0.2, 0.25) is 0 Å². The van der Waals surface area contributed by atoms with Gasteiger partial charge < -0.3 is 10.5 Å². The molecule has 0 spiro atoms. The molecule has 1 unspecified atom stereocenters. The number of carbonyl (C=O) groups is 1. The minimum absolute atomic E-state index is 0.0777. The molecular weight excluding hydrogens is 214 g/mol. The van der Waals surface area contributed by atoms with Crippen LogP contribution < -0.4 is 5.73 Å². The Balaban J connectivity index is 2.23. The second-order valence-electron chi connectivity index (χ2n) is 6.48. The molecular formula is C14H27NO2. The van der Waals surface area contributed by atoms with Crippen LogP contribution in [0, 0.1) is 5.41 Å². The molecule has 1 atom stereocenters. The van der Waals surface area contributed by atoms with E-state index in [0.29, 0.717) is 6.42 Å². The summed E-state index contributed by atoms with van der Waals surface area (Å²) in [6.07, 6.45) is 7.06. The maximum Gasteiger partial charge on any atom is 0.307 e. The van der Waals surface area contributed by atoms with Crippen molar-refractivity contribution in [3.05, 3.63) is 0 Å². The van der Waals surface area contributed by atoms with Gasteiger partial charge in [-0.3, -0.25) is 4.79 Å². The number of hydrogen-bond donors (Lipinski definition) is 1. The highest BCUT2D eigenvalue weighted by Crippen LogP contribution is 2.23. The van der Waals surface area contributed by atoms with Crippen molar-refractivity contribution in [2.75, 3.05) is 0 Å². The van der Waals surface area contributed by atoms with E-state index in [9.17, 15) is 4.79 Å². The summed E-state index contributed by atoms with van der Waals surface area (Å²) in [4.78, 5) is 11.7. The highest BCUT2D eigenvalue weighted by molar-refractivity contribution is 5.70. The lowest BCUT2D eigenvalue weighted by atomic mass is 9.87. The summed E-state index contributed by atoms with van der Waals surface area (Å²) >= 11 is 0. The molecule has 0 amide bonds. The van der Waals surface area contributed by atoms with Gasteiger partial charge in [-0.05, 0) is 37.5 Å². The predicted octanol–water partition coefficient (Wildman–Crippen LogP) is 3.02. The van der Waals surface area contributed by atoms with Crippen LogP contribution >= 0.6 is 0 Å². The zero-order valence-corrected chi connectivity index (χ0v) is 11.5. The molecule has 0 aromatic heterocycles. The van der Waals surface area contributed by atoms with Crippen LogP contribution in [0.4, 0.5) is 0 Å². The van der Waals surface area contributed by atoms with Crippen LogP contribution in [0.5, 0.6) is 0 Å². The van der Waals surface area contributed by atoms with Crippen LogP contribution in [0.15, 0.2) is 0 Å². The third-order valence-corrected chi connectivity index (χ3v) is 3.15. The van der Waals surface area contributed by atoms with E-state index in [4.69, 9.17) is 10.5 Å². The molecule has 0 aromatic rings. The Morgan fingerprint density at radius 1 is 1.29 bits per heavy atom. The smallest absolute Gasteiger partial charge is 0.307 e. The number of carbonyl (C=O) groups excluding carboxylic acids is 1. The largest absolute Gasteiger partial charge is 0.462 e. The second kappa shape index (κ2) is 6.39. The maximum absolute atomic E-state index is 11.7. The van der Waals surface area contributed by atoms with E-state index in [2.05, 4.69) is 20.8 Å². The Labute approximate surface area is 105 Å². The minimum Gasteiger partial charge on any atom is -0.462 e. The molecule has 0 aliphatic heterocycles. The molecule has 1 aliphatic rings. The second-order valence-corrected chi connectivity index (χ2v) is 6.48. The molecule has 0 heterocycles. The zero-order valence-electron chi connectivity index (χ0n) is 11.5. The minimum atomic E-state index is -0.117. The van der Waals surface area contributed by atoms with Gasteiger partial charge in [-0.1, -0.05) is 27.2 Å². The van der Waals surface area contributed by atoms with Gasteiger partial charge in [0.25, 0.3) is 0 Å². The molecule has 1 aliphatic carbocycles. The fourth-order valence-corrected chi connectivity index (χ4v) is 2.49. The van der Waals surface area contributed by atoms with E-state index in [0.717, 1.165) is 19.3 Å². The van der Waals surface area contributed by atoms with Crippen molar-refractivity contribution in [1.29, 1.82) is 0 Å². The quantitative estimate of drug-likeness (QED) is 0.770. The topological polar surface area (TPSA) is 52.3 Å². The molecule has 17 heavy (non-hydrogen) atoms. The SMILES string of the molecule is CC(C)(C)CC(N)CC(=O)OC1CCCCC1. The molecule has 100 valence electrons. The van der Waals surface area contributed by atoms with Gasteiger partial charge in [-0.2, -0.15) is 0 Å². The normalized spacial score (nSPS) is 20.0. The first-order valence-corrected chi connectivity index (χ1v) is 6.82. The third kappa shape index (κ3) is 6.67. The molecule has 0 radical (unpaired) electrons. The summed E-state index contributed by atoms with van der Waals surface area (Å²) in [5.41, 5.74) is 6.14. The molecule has 0 aromatic carbocycles. The monoisotopic (exact) mass is 241 g/mol. The fraction of sp³-hybridized carbons (Fsp3) is 0.929. The van der Waals surface area contributed by atoms with Crippen LogP contribution in [0.25, 0.3) is 0 Å². The predicted molar refractivity (Wildman–Crippen MR) is 69.6 cm³/mol. The van der Waals surface area contributed by atoms with Crippen LogP contribution in [-0.4, -0.2) is 18.1 Å². The lowest BCUT2D eigenvalue weighted by Crippen LogP contribution is -2.31. The lowest BCUT2D eigenvalue weighted by molar-refractivity contribution is -0.151. The molecule has 1 saturated carbocycles. The molecule has 3 nitrogen and oxygen atoms in total. The van der Waals surface area contributed by atoms with Crippen LogP contribution in [-0.2, 0) is 9.53 Å². The Morgan fingerprint density at radius 3 is 2.41 bits per heavy atom. The Morgan fingerprint density at radius 2 is 1.88 bits per heavy atom. The average molecular weight is 241 g/mol. The lowest BCUT2D eigenvalue weighted by Gasteiger charge is -2.25. The molecule has 2 N–H and O–H groups in total. The summed E-state index contributed by atoms with van der Waals surface area (Å²) in [7, 11) is 0. The summed E-state index contributed by atoms with van der Waals surface area (Å²) in [6.45, 7) is 6.41. The Kier molecular flexibility index (Phi) is 5.44. The summed E-state index contributed by atoms with van der Waals surface area (Å²) in [5, 5.41) is 0. The zero-order chi connectivity index (χ0) is 12.9. The van der Waals surface area contributed by atoms with Crippen molar-refractivity contribution in [2.45, 2.75) is 77.9 Å². The molecule has 1 rings (SSSR count). The van der Waals surface area contributed by atoms with Crippen molar-refractivity contribution in [3.8, 4) is 0 Å². The van der Waals surface area contributed by atoms with E-state index >= 15 is 0 Å². The van der Waals surface area contributed by atoms with Crippen molar-refractivity contribution in [1.82, 2.24) is 0 Å². The van der Waals surface area contributed by atoms with E-state index in [-0.39, 0.29) is 23.5 Å². The highest BCUT2D eigenvalue weighted by Gasteiger charge is 2.22. The first-order chi connectivity index (χ1) is 7.87. The van der Waals surface area contributed by atoms with E-state index in [1.54, 1.807) is 0 Å². The average Bonchev–Trinajstić information content (AvgIpc) is 2.15. The van der Waals surface area contributed by atoms with Crippen molar-refractivity contribution in [2.24, 2.45) is 11.1 Å². The van der Waals surface area contributed by atoms with E-state index < -0.39 is 0 Å². The van der Waals surface area contributed by atoms with Gasteiger partial charge in [0.05, 0.1) is 6.42 Å². The number of ether oxygens (including phenoxy) is 1. The number of rotatable bonds is 4. The maximum atomic E-state index is 11.7. The van der Waals surface area contributed by atoms with Crippen LogP contribution in [0.2, 0.25) is 0 Å². The first kappa shape index (κ1) is 14.5. The van der Waals surface area contributed by atoms with Gasteiger partial charge in [0.1, 0.15) is 6.10 Å². The Bertz CT molecular complexity index is 239. The number of esters is 1. The number of nitrogens with two attached hydrogens (primary N) is 1. The van der Waals surface area contributed by atoms with Crippen molar-refractivity contribution < 1.29 is 9.53 Å². The van der Waals surface area contributed by atoms with Gasteiger partial charge in [-0.15, -0.1) is 0 Å². The molecule has 3 heteroatoms. The summed E-state index contributed by atoms with van der Waals surface area (Å²) in [5.74, 6) is -0.117. The van der Waals surface area contributed by atoms with Gasteiger partial charge in [0.15, 0.2) is 0 Å². The van der Waals surface area contributed by atoms with Crippen molar-refractivity contribution >= 4 is 5.97 Å². The number of hydrogen-bond acceptors (Lipinski definition) is 3. The van der Waals surface area contributed by atoms with Gasteiger partial charge in [-0.25, -0.2) is 0 Å². The molecule has 0 bridgehead atoms. The van der Waals surface area contributed by atoms with Gasteiger partial charge >= 0.3 is 5.97 Å². The third-order valence-electron chi connectivity index (χ3n) is 3.15. The van der Waals surface area contributed by atoms with E-state index in [1.165, 1.54) is 19.3 Å². The van der Waals surface area contributed by atoms with Crippen LogP contribution in [0.1, 0.15) is 65.7 Å². The Hall–Kier alpha value is -0.570. The molecule has 0 saturated heterocycles.